The number of aryl methyl sites for hydroxylation is 1. The largest absolute Gasteiger partial charge is 0.356 e. The van der Waals surface area contributed by atoms with Gasteiger partial charge < -0.3 is 9.88 Å². The van der Waals surface area contributed by atoms with E-state index in [1.807, 2.05) is 51.4 Å². The molecule has 1 amide bonds. The van der Waals surface area contributed by atoms with E-state index in [2.05, 4.69) is 27.0 Å². The van der Waals surface area contributed by atoms with Gasteiger partial charge in [0.1, 0.15) is 5.82 Å². The Hall–Kier alpha value is -2.10. The number of aromatic nitrogens is 2. The molecule has 0 fully saturated rings. The molecule has 112 valence electrons. The first-order valence-corrected chi connectivity index (χ1v) is 7.33. The molecule has 0 spiro atoms. The molecule has 1 heterocycles. The third-order valence-corrected chi connectivity index (χ3v) is 3.29. The highest BCUT2D eigenvalue weighted by Gasteiger charge is 2.20. The van der Waals surface area contributed by atoms with Crippen molar-refractivity contribution in [1.82, 2.24) is 14.9 Å². The summed E-state index contributed by atoms with van der Waals surface area (Å²) in [5.74, 6) is 1.06. The van der Waals surface area contributed by atoms with Crippen molar-refractivity contribution in [2.24, 2.45) is 5.41 Å². The van der Waals surface area contributed by atoms with Crippen LogP contribution in [0.25, 0.3) is 11.4 Å². The van der Waals surface area contributed by atoms with Crippen molar-refractivity contribution in [3.05, 3.63) is 42.7 Å². The van der Waals surface area contributed by atoms with Gasteiger partial charge in [0.25, 0.3) is 0 Å². The number of hydrogen-bond donors (Lipinski definition) is 1. The number of nitrogens with zero attached hydrogens (tertiary/aromatic N) is 2. The fourth-order valence-corrected chi connectivity index (χ4v) is 2.05. The van der Waals surface area contributed by atoms with Crippen LogP contribution in [0.2, 0.25) is 0 Å². The molecular formula is C17H23N3O. The number of benzene rings is 1. The van der Waals surface area contributed by atoms with Gasteiger partial charge in [-0.15, -0.1) is 0 Å². The van der Waals surface area contributed by atoms with Crippen molar-refractivity contribution in [3.8, 4) is 11.4 Å². The molecular weight excluding hydrogens is 262 g/mol. The number of rotatable bonds is 5. The lowest BCUT2D eigenvalue weighted by Crippen LogP contribution is -2.35. The maximum Gasteiger partial charge on any atom is 0.225 e. The van der Waals surface area contributed by atoms with Gasteiger partial charge in [-0.2, -0.15) is 0 Å². The van der Waals surface area contributed by atoms with Gasteiger partial charge in [0.15, 0.2) is 0 Å². The first-order valence-electron chi connectivity index (χ1n) is 7.33. The van der Waals surface area contributed by atoms with Crippen LogP contribution in [0.15, 0.2) is 42.7 Å². The molecule has 1 aromatic carbocycles. The van der Waals surface area contributed by atoms with E-state index in [-0.39, 0.29) is 11.3 Å². The molecule has 0 bridgehead atoms. The highest BCUT2D eigenvalue weighted by atomic mass is 16.2. The Morgan fingerprint density at radius 1 is 1.24 bits per heavy atom. The van der Waals surface area contributed by atoms with E-state index in [9.17, 15) is 4.79 Å². The van der Waals surface area contributed by atoms with Crippen molar-refractivity contribution in [3.63, 3.8) is 0 Å². The first kappa shape index (κ1) is 15.3. The SMILES string of the molecule is CC(C)(C)C(=O)NCCCn1ccnc1-c1ccccc1. The van der Waals surface area contributed by atoms with Gasteiger partial charge in [-0.3, -0.25) is 4.79 Å². The van der Waals surface area contributed by atoms with Crippen molar-refractivity contribution < 1.29 is 4.79 Å². The Labute approximate surface area is 126 Å². The lowest BCUT2D eigenvalue weighted by molar-refractivity contribution is -0.128. The Morgan fingerprint density at radius 2 is 1.95 bits per heavy atom. The number of hydrogen-bond acceptors (Lipinski definition) is 2. The first-order chi connectivity index (χ1) is 9.98. The Kier molecular flexibility index (Phi) is 4.78. The average Bonchev–Trinajstić information content (AvgIpc) is 2.91. The van der Waals surface area contributed by atoms with E-state index in [0.29, 0.717) is 6.54 Å². The number of amides is 1. The monoisotopic (exact) mass is 285 g/mol. The second-order valence-corrected chi connectivity index (χ2v) is 6.17. The van der Waals surface area contributed by atoms with Crippen LogP contribution >= 0.6 is 0 Å². The predicted octanol–water partition coefficient (Wildman–Crippen LogP) is 3.10. The summed E-state index contributed by atoms with van der Waals surface area (Å²) in [6.45, 7) is 7.29. The molecule has 0 saturated heterocycles. The van der Waals surface area contributed by atoms with Gasteiger partial charge in [0.05, 0.1) is 0 Å². The molecule has 0 aliphatic heterocycles. The van der Waals surface area contributed by atoms with Crippen molar-refractivity contribution in [2.45, 2.75) is 33.7 Å². The minimum Gasteiger partial charge on any atom is -0.356 e. The minimum absolute atomic E-state index is 0.0939. The molecule has 1 aromatic heterocycles. The Morgan fingerprint density at radius 3 is 2.62 bits per heavy atom. The lowest BCUT2D eigenvalue weighted by atomic mass is 9.96. The van der Waals surface area contributed by atoms with E-state index in [1.165, 1.54) is 0 Å². The second-order valence-electron chi connectivity index (χ2n) is 6.17. The van der Waals surface area contributed by atoms with E-state index in [1.54, 1.807) is 0 Å². The molecule has 0 saturated carbocycles. The summed E-state index contributed by atoms with van der Waals surface area (Å²) in [4.78, 5) is 16.2. The number of imidazole rings is 1. The van der Waals surface area contributed by atoms with E-state index in [4.69, 9.17) is 0 Å². The summed E-state index contributed by atoms with van der Waals surface area (Å²) in [5.41, 5.74) is 0.783. The van der Waals surface area contributed by atoms with Crippen molar-refractivity contribution >= 4 is 5.91 Å². The van der Waals surface area contributed by atoms with Crippen LogP contribution in [0.4, 0.5) is 0 Å². The number of carbonyl (C=O) groups excluding carboxylic acids is 1. The van der Waals surface area contributed by atoms with E-state index >= 15 is 0 Å². The summed E-state index contributed by atoms with van der Waals surface area (Å²) in [5, 5.41) is 2.97. The molecule has 2 aromatic rings. The third kappa shape index (κ3) is 4.18. The van der Waals surface area contributed by atoms with Crippen LogP contribution in [-0.2, 0) is 11.3 Å². The van der Waals surface area contributed by atoms with Crippen LogP contribution in [-0.4, -0.2) is 22.0 Å². The fraction of sp³-hybridized carbons (Fsp3) is 0.412. The van der Waals surface area contributed by atoms with E-state index in [0.717, 1.165) is 24.4 Å². The van der Waals surface area contributed by atoms with Gasteiger partial charge in [-0.25, -0.2) is 4.98 Å². The van der Waals surface area contributed by atoms with E-state index < -0.39 is 0 Å². The zero-order valence-corrected chi connectivity index (χ0v) is 13.0. The summed E-state index contributed by atoms with van der Waals surface area (Å²) in [6.07, 6.45) is 4.68. The van der Waals surface area contributed by atoms with Crippen molar-refractivity contribution in [1.29, 1.82) is 0 Å². The lowest BCUT2D eigenvalue weighted by Gasteiger charge is -2.17. The molecule has 4 nitrogen and oxygen atoms in total. The highest BCUT2D eigenvalue weighted by molar-refractivity contribution is 5.81. The quantitative estimate of drug-likeness (QED) is 0.858. The maximum atomic E-state index is 11.8. The summed E-state index contributed by atoms with van der Waals surface area (Å²) >= 11 is 0. The third-order valence-electron chi connectivity index (χ3n) is 3.29. The molecule has 2 rings (SSSR count). The van der Waals surface area contributed by atoms with Gasteiger partial charge in [-0.05, 0) is 6.42 Å². The fourth-order valence-electron chi connectivity index (χ4n) is 2.05. The molecule has 1 N–H and O–H groups in total. The molecule has 0 radical (unpaired) electrons. The molecule has 0 aliphatic rings. The normalized spacial score (nSPS) is 11.4. The maximum absolute atomic E-state index is 11.8. The molecule has 4 heteroatoms. The zero-order chi connectivity index (χ0) is 15.3. The van der Waals surface area contributed by atoms with Crippen molar-refractivity contribution in [2.75, 3.05) is 6.54 Å². The van der Waals surface area contributed by atoms with Gasteiger partial charge in [-0.1, -0.05) is 51.1 Å². The smallest absolute Gasteiger partial charge is 0.225 e. The summed E-state index contributed by atoms with van der Waals surface area (Å²) < 4.78 is 2.12. The number of nitrogens with one attached hydrogen (secondary N) is 1. The van der Waals surface area contributed by atoms with Crippen LogP contribution < -0.4 is 5.32 Å². The van der Waals surface area contributed by atoms with Crippen LogP contribution in [0, 0.1) is 5.41 Å². The number of carbonyl (C=O) groups is 1. The molecule has 21 heavy (non-hydrogen) atoms. The Balaban J connectivity index is 1.88. The summed E-state index contributed by atoms with van der Waals surface area (Å²) in [6, 6.07) is 10.1. The van der Waals surface area contributed by atoms with Gasteiger partial charge in [0, 0.05) is 36.5 Å². The molecule has 0 unspecified atom stereocenters. The van der Waals surface area contributed by atoms with Gasteiger partial charge >= 0.3 is 0 Å². The topological polar surface area (TPSA) is 46.9 Å². The highest BCUT2D eigenvalue weighted by Crippen LogP contribution is 2.17. The van der Waals surface area contributed by atoms with Crippen LogP contribution in [0.1, 0.15) is 27.2 Å². The van der Waals surface area contributed by atoms with Crippen LogP contribution in [0.3, 0.4) is 0 Å². The van der Waals surface area contributed by atoms with Gasteiger partial charge in [0.2, 0.25) is 5.91 Å². The molecule has 0 aliphatic carbocycles. The standard InChI is InChI=1S/C17H23N3O/c1-17(2,3)16(21)19-10-7-12-20-13-11-18-15(20)14-8-5-4-6-9-14/h4-6,8-9,11,13H,7,10,12H2,1-3H3,(H,19,21). The van der Waals surface area contributed by atoms with Crippen LogP contribution in [0.5, 0.6) is 0 Å². The predicted molar refractivity (Wildman–Crippen MR) is 84.7 cm³/mol. The zero-order valence-electron chi connectivity index (χ0n) is 13.0. The summed E-state index contributed by atoms with van der Waals surface area (Å²) in [7, 11) is 0. The molecule has 0 atom stereocenters. The minimum atomic E-state index is -0.329. The average molecular weight is 285 g/mol. The Bertz CT molecular complexity index is 582. The second kappa shape index (κ2) is 6.57.